The maximum atomic E-state index is 12.9. The molecule has 3 aromatic carbocycles. The summed E-state index contributed by atoms with van der Waals surface area (Å²) in [6.45, 7) is 5.61. The summed E-state index contributed by atoms with van der Waals surface area (Å²) in [4.78, 5) is 20.0. The van der Waals surface area contributed by atoms with Crippen LogP contribution in [0.25, 0.3) is 33.4 Å². The van der Waals surface area contributed by atoms with Crippen LogP contribution >= 0.6 is 0 Å². The molecule has 37 heavy (non-hydrogen) atoms. The lowest BCUT2D eigenvalue weighted by Gasteiger charge is -2.26. The second kappa shape index (κ2) is 11.0. The Kier molecular flexibility index (Phi) is 7.16. The van der Waals surface area contributed by atoms with Gasteiger partial charge in [-0.15, -0.1) is 10.2 Å². The zero-order valence-corrected chi connectivity index (χ0v) is 20.9. The number of aromatic amines is 1. The highest BCUT2D eigenvalue weighted by atomic mass is 16.5. The Morgan fingerprint density at radius 3 is 2.43 bits per heavy atom. The van der Waals surface area contributed by atoms with Crippen molar-refractivity contribution in [2.45, 2.75) is 26.8 Å². The summed E-state index contributed by atoms with van der Waals surface area (Å²) in [7, 11) is 0. The van der Waals surface area contributed by atoms with E-state index in [0.717, 1.165) is 46.1 Å². The summed E-state index contributed by atoms with van der Waals surface area (Å²) < 4.78 is 5.38. The molecule has 5 rings (SSSR count). The van der Waals surface area contributed by atoms with Crippen molar-refractivity contribution in [1.29, 1.82) is 0 Å². The summed E-state index contributed by atoms with van der Waals surface area (Å²) in [6.07, 6.45) is 0.910. The molecule has 0 fully saturated rings. The molecular weight excluding hydrogens is 464 g/mol. The highest BCUT2D eigenvalue weighted by molar-refractivity contribution is 5.99. The van der Waals surface area contributed by atoms with Gasteiger partial charge in [0.1, 0.15) is 11.4 Å². The maximum absolute atomic E-state index is 12.9. The molecule has 8 heteroatoms. The second-order valence-electron chi connectivity index (χ2n) is 8.67. The zero-order valence-electron chi connectivity index (χ0n) is 20.9. The molecule has 0 spiro atoms. The predicted molar refractivity (Wildman–Crippen MR) is 144 cm³/mol. The van der Waals surface area contributed by atoms with Crippen LogP contribution in [0.5, 0.6) is 0 Å². The molecule has 0 aliphatic heterocycles. The minimum absolute atomic E-state index is 0.311. The number of nitrogens with one attached hydrogen (secondary N) is 1. The number of aromatic nitrogens is 5. The summed E-state index contributed by atoms with van der Waals surface area (Å²) in [5.74, 6) is 0.846. The second-order valence-corrected chi connectivity index (χ2v) is 8.67. The van der Waals surface area contributed by atoms with Crippen LogP contribution in [0.1, 0.15) is 36.2 Å². The number of carbonyl (C=O) groups excluding carboxylic acids is 1. The first kappa shape index (κ1) is 24.1. The Morgan fingerprint density at radius 2 is 1.70 bits per heavy atom. The molecule has 2 heterocycles. The first-order valence-corrected chi connectivity index (χ1v) is 12.4. The number of anilines is 1. The molecule has 8 nitrogen and oxygen atoms in total. The van der Waals surface area contributed by atoms with Gasteiger partial charge < -0.3 is 9.64 Å². The molecule has 186 valence electrons. The van der Waals surface area contributed by atoms with Gasteiger partial charge in [-0.3, -0.25) is 0 Å². The number of H-pyrrole nitrogens is 1. The van der Waals surface area contributed by atoms with Crippen LogP contribution in [-0.2, 0) is 11.3 Å². The van der Waals surface area contributed by atoms with Gasteiger partial charge in [-0.1, -0.05) is 73.7 Å². The van der Waals surface area contributed by atoms with Gasteiger partial charge in [-0.2, -0.15) is 5.21 Å². The van der Waals surface area contributed by atoms with Crippen molar-refractivity contribution in [3.63, 3.8) is 0 Å². The largest absolute Gasteiger partial charge is 0.462 e. The number of pyridine rings is 1. The summed E-state index contributed by atoms with van der Waals surface area (Å²) in [5.41, 5.74) is 5.44. The van der Waals surface area contributed by atoms with Gasteiger partial charge in [0.2, 0.25) is 5.82 Å². The summed E-state index contributed by atoms with van der Waals surface area (Å²) >= 11 is 0. The highest BCUT2D eigenvalue weighted by Crippen LogP contribution is 2.31. The molecule has 5 aromatic rings. The van der Waals surface area contributed by atoms with E-state index in [9.17, 15) is 4.79 Å². The van der Waals surface area contributed by atoms with E-state index in [-0.39, 0.29) is 5.97 Å². The SMILES string of the molecule is CCCN(Cc1ccc(-c2ccccc2-c2nn[nH]n2)cc1)c1nc2ccccc2cc1C(=O)OCC. The van der Waals surface area contributed by atoms with Crippen LogP contribution < -0.4 is 4.90 Å². The smallest absolute Gasteiger partial charge is 0.341 e. The third kappa shape index (κ3) is 5.18. The normalized spacial score (nSPS) is 11.0. The fourth-order valence-corrected chi connectivity index (χ4v) is 4.45. The lowest BCUT2D eigenvalue weighted by atomic mass is 9.98. The Hall–Kier alpha value is -4.59. The number of carbonyl (C=O) groups is 1. The van der Waals surface area contributed by atoms with Gasteiger partial charge in [-0.05, 0) is 47.4 Å². The van der Waals surface area contributed by atoms with Crippen molar-refractivity contribution < 1.29 is 9.53 Å². The number of rotatable bonds is 9. The molecule has 2 aromatic heterocycles. The Labute approximate surface area is 215 Å². The van der Waals surface area contributed by atoms with E-state index in [1.807, 2.05) is 55.5 Å². The summed E-state index contributed by atoms with van der Waals surface area (Å²) in [6, 6.07) is 26.1. The molecule has 0 saturated carbocycles. The lowest BCUT2D eigenvalue weighted by molar-refractivity contribution is 0.0527. The van der Waals surface area contributed by atoms with E-state index in [0.29, 0.717) is 30.4 Å². The van der Waals surface area contributed by atoms with E-state index in [1.54, 1.807) is 0 Å². The van der Waals surface area contributed by atoms with E-state index in [4.69, 9.17) is 9.72 Å². The average Bonchev–Trinajstić information content (AvgIpc) is 3.48. The minimum Gasteiger partial charge on any atom is -0.462 e. The monoisotopic (exact) mass is 492 g/mol. The van der Waals surface area contributed by atoms with Crippen molar-refractivity contribution >= 4 is 22.7 Å². The van der Waals surface area contributed by atoms with Gasteiger partial charge in [-0.25, -0.2) is 9.78 Å². The van der Waals surface area contributed by atoms with Crippen molar-refractivity contribution in [3.8, 4) is 22.5 Å². The minimum atomic E-state index is -0.356. The summed E-state index contributed by atoms with van der Waals surface area (Å²) in [5, 5.41) is 15.4. The van der Waals surface area contributed by atoms with Crippen molar-refractivity contribution in [3.05, 3.63) is 90.0 Å². The number of ether oxygens (including phenoxy) is 1. The molecular formula is C29H28N6O2. The molecule has 0 bridgehead atoms. The highest BCUT2D eigenvalue weighted by Gasteiger charge is 2.21. The molecule has 0 amide bonds. The molecule has 0 aliphatic carbocycles. The zero-order chi connectivity index (χ0) is 25.6. The van der Waals surface area contributed by atoms with Crippen LogP contribution in [-0.4, -0.2) is 44.7 Å². The van der Waals surface area contributed by atoms with Crippen LogP contribution in [0.3, 0.4) is 0 Å². The standard InChI is InChI=1S/C29H28N6O2/c1-3-17-35(28-25(29(36)37-4-2)18-22-9-5-8-12-26(22)30-28)19-20-13-15-21(16-14-20)23-10-6-7-11-24(23)27-31-33-34-32-27/h5-16,18H,3-4,17,19H2,1-2H3,(H,31,32,33,34). The Morgan fingerprint density at radius 1 is 0.946 bits per heavy atom. The molecule has 0 aliphatic rings. The van der Waals surface area contributed by atoms with E-state index >= 15 is 0 Å². The van der Waals surface area contributed by atoms with Gasteiger partial charge in [0.15, 0.2) is 0 Å². The third-order valence-electron chi connectivity index (χ3n) is 6.14. The average molecular weight is 493 g/mol. The van der Waals surface area contributed by atoms with Crippen LogP contribution in [0.15, 0.2) is 78.9 Å². The molecule has 1 N–H and O–H groups in total. The number of hydrogen-bond donors (Lipinski definition) is 1. The fourth-order valence-electron chi connectivity index (χ4n) is 4.45. The van der Waals surface area contributed by atoms with Crippen molar-refractivity contribution in [2.75, 3.05) is 18.1 Å². The molecule has 0 radical (unpaired) electrons. The number of fused-ring (bicyclic) bond motifs is 1. The topological polar surface area (TPSA) is 96.9 Å². The van der Waals surface area contributed by atoms with Crippen LogP contribution in [0.2, 0.25) is 0 Å². The number of hydrogen-bond acceptors (Lipinski definition) is 7. The predicted octanol–water partition coefficient (Wildman–Crippen LogP) is 5.68. The fraction of sp³-hybridized carbons (Fsp3) is 0.207. The van der Waals surface area contributed by atoms with Crippen molar-refractivity contribution in [2.24, 2.45) is 0 Å². The first-order chi connectivity index (χ1) is 18.2. The van der Waals surface area contributed by atoms with Crippen LogP contribution in [0, 0.1) is 0 Å². The van der Waals surface area contributed by atoms with E-state index < -0.39 is 0 Å². The Balaban J connectivity index is 1.48. The van der Waals surface area contributed by atoms with E-state index in [1.165, 1.54) is 0 Å². The maximum Gasteiger partial charge on any atom is 0.341 e. The number of tetrazole rings is 1. The number of benzene rings is 3. The van der Waals surface area contributed by atoms with Gasteiger partial charge in [0.05, 0.1) is 12.1 Å². The van der Waals surface area contributed by atoms with Crippen LogP contribution in [0.4, 0.5) is 5.82 Å². The first-order valence-electron chi connectivity index (χ1n) is 12.4. The van der Waals surface area contributed by atoms with Gasteiger partial charge in [0, 0.05) is 24.0 Å². The number of para-hydroxylation sites is 1. The van der Waals surface area contributed by atoms with Gasteiger partial charge in [0.25, 0.3) is 0 Å². The lowest BCUT2D eigenvalue weighted by Crippen LogP contribution is -2.27. The third-order valence-corrected chi connectivity index (χ3v) is 6.14. The quantitative estimate of drug-likeness (QED) is 0.265. The Bertz CT molecular complexity index is 1500. The van der Waals surface area contributed by atoms with Crippen molar-refractivity contribution in [1.82, 2.24) is 25.6 Å². The molecule has 0 unspecified atom stereocenters. The van der Waals surface area contributed by atoms with Gasteiger partial charge >= 0.3 is 5.97 Å². The molecule has 0 atom stereocenters. The number of nitrogens with zero attached hydrogens (tertiary/aromatic N) is 5. The van der Waals surface area contributed by atoms with E-state index in [2.05, 4.69) is 62.8 Å². The molecule has 0 saturated heterocycles. The number of esters is 1.